The predicted octanol–water partition coefficient (Wildman–Crippen LogP) is -2.97. The first-order valence-electron chi connectivity index (χ1n) is 30.1. The zero-order chi connectivity index (χ0) is 59.7. The molecule has 0 amide bonds. The molecule has 0 aromatic rings. The van der Waals surface area contributed by atoms with E-state index in [4.69, 9.17) is 56.8 Å². The van der Waals surface area contributed by atoms with E-state index in [1.54, 1.807) is 0 Å². The molecule has 0 bridgehead atoms. The largest absolute Gasteiger partial charge is 0.394 e. The molecule has 0 aromatic carbocycles. The fraction of sp³-hybridized carbons (Fsp3) is 0.965. The summed E-state index contributed by atoms with van der Waals surface area (Å²) >= 11 is 0. The molecule has 11 aliphatic rings. The van der Waals surface area contributed by atoms with E-state index in [0.717, 1.165) is 32.1 Å². The van der Waals surface area contributed by atoms with Crippen molar-refractivity contribution >= 4 is 0 Å². The highest BCUT2D eigenvalue weighted by atomic mass is 16.8. The Balaban J connectivity index is 0.751. The van der Waals surface area contributed by atoms with Gasteiger partial charge in [0.2, 0.25) is 0 Å². The number of hydrogen-bond donors (Lipinski definition) is 14. The van der Waals surface area contributed by atoms with Gasteiger partial charge in [-0.1, -0.05) is 32.4 Å². The molecule has 36 atom stereocenters. The van der Waals surface area contributed by atoms with Gasteiger partial charge in [-0.2, -0.15) is 0 Å². The van der Waals surface area contributed by atoms with Gasteiger partial charge < -0.3 is 128 Å². The van der Waals surface area contributed by atoms with E-state index in [2.05, 4.69) is 26.8 Å². The maximum absolute atomic E-state index is 12.3. The molecule has 26 heteroatoms. The number of aliphatic hydroxyl groups excluding tert-OH is 14. The minimum Gasteiger partial charge on any atom is -0.394 e. The highest BCUT2D eigenvalue weighted by Gasteiger charge is 2.71. The van der Waals surface area contributed by atoms with E-state index in [9.17, 15) is 71.5 Å². The molecule has 10 fully saturated rings. The first-order valence-corrected chi connectivity index (χ1v) is 30.1. The second-order valence-electron chi connectivity index (χ2n) is 27.0. The van der Waals surface area contributed by atoms with Gasteiger partial charge >= 0.3 is 0 Å². The van der Waals surface area contributed by atoms with Crippen LogP contribution in [0.3, 0.4) is 0 Å². The lowest BCUT2D eigenvalue weighted by Crippen LogP contribution is -2.67. The van der Waals surface area contributed by atoms with E-state index in [1.807, 2.05) is 6.92 Å². The van der Waals surface area contributed by atoms with Crippen molar-refractivity contribution in [1.29, 1.82) is 0 Å². The first kappa shape index (κ1) is 63.3. The minimum absolute atomic E-state index is 0.0159. The number of aliphatic hydroxyl groups is 14. The molecular formula is C57H92O26. The van der Waals surface area contributed by atoms with E-state index in [1.165, 1.54) is 26.3 Å². The Morgan fingerprint density at radius 3 is 1.72 bits per heavy atom. The Hall–Kier alpha value is -1.30. The van der Waals surface area contributed by atoms with Crippen molar-refractivity contribution in [2.75, 3.05) is 19.8 Å². The first-order chi connectivity index (χ1) is 39.2. The third-order valence-electron chi connectivity index (χ3n) is 21.9. The summed E-state index contributed by atoms with van der Waals surface area (Å²) in [5.74, 6) is 0.643. The van der Waals surface area contributed by atoms with Gasteiger partial charge in [0.15, 0.2) is 37.2 Å². The molecule has 7 aliphatic heterocycles. The van der Waals surface area contributed by atoms with E-state index >= 15 is 0 Å². The van der Waals surface area contributed by atoms with Crippen LogP contribution in [0, 0.1) is 40.4 Å². The van der Waals surface area contributed by atoms with Gasteiger partial charge in [-0.25, -0.2) is 0 Å². The summed E-state index contributed by atoms with van der Waals surface area (Å²) in [6, 6.07) is 0. The SMILES string of the molecule is C[C@@H]1O[C@@H](O[C@@H]2[C@@H](O)[C@@H](O)[C@H](O[C@H]3[C@H](O)[C@@H](O[C@@H]4O[C@@H](C)[C@H](O)[C@@H](O)[C@H]4O)[C@H](O[C@H]4CC[C@@]5(C)C(=CC[C@H]6[C@@H]7C[C@@H]8O[C@]9(CC[C@@](C)(CO[C@@H]%10O[C@H](CO)[C@@H](O)[C@H](O)[C@H]%10O)O9)[C@@H](C)[C@@H]8[C@@]7(C)CC[C@@H]65)C4)O[C@@H]3CO)O[C@H]2C)[C@H](O)[C@H](O)[C@H]1O. The molecule has 1 spiro atoms. The smallest absolute Gasteiger partial charge is 0.187 e. The number of ether oxygens (including phenoxy) is 12. The van der Waals surface area contributed by atoms with Gasteiger partial charge in [-0.3, -0.25) is 0 Å². The molecule has 4 aliphatic carbocycles. The standard InChI is InChI=1S/C57H92O26/c1-21-33-30(82-57(21)15-14-54(5,83-57)20-72-49-41(67)39(65)36(62)31(18-58)77-49)17-29-27-9-8-25-16-26(10-12-55(25,6)28(27)11-13-56(29,33)7)76-53-48(81-51-43(69)38(64)35(61)23(3)74-51)45(71)47(32(19-59)78-53)80-52-44(70)40(66)46(24(4)75-52)79-50-42(68)37(63)34(60)22(2)73-50/h8,21-24,26-53,58-71H,9-20H2,1-7H3/t21-,22-,23-,24-,26-,27+,28-,29-,30-,31+,32+,33-,34-,35-,36+,37+,38+,39-,40-,41+,42+,43+,44+,45-,46-,47+,48+,49+,50-,51-,52-,53+,54-,55-,56-,57-/m0/s1. The van der Waals surface area contributed by atoms with Crippen LogP contribution in [0.15, 0.2) is 11.6 Å². The van der Waals surface area contributed by atoms with Crippen LogP contribution < -0.4 is 0 Å². The van der Waals surface area contributed by atoms with Crippen LogP contribution in [0.5, 0.6) is 0 Å². The summed E-state index contributed by atoms with van der Waals surface area (Å²) in [7, 11) is 0. The normalized spacial score (nSPS) is 58.1. The lowest BCUT2D eigenvalue weighted by Gasteiger charge is -2.58. The Bertz CT molecular complexity index is 2270. The lowest BCUT2D eigenvalue weighted by molar-refractivity contribution is -0.394. The number of rotatable bonds is 13. The maximum Gasteiger partial charge on any atom is 0.187 e. The second-order valence-corrected chi connectivity index (χ2v) is 27.0. The van der Waals surface area contributed by atoms with E-state index < -0.39 is 184 Å². The fourth-order valence-electron chi connectivity index (χ4n) is 17.0. The highest BCUT2D eigenvalue weighted by molar-refractivity contribution is 5.27. The zero-order valence-corrected chi connectivity index (χ0v) is 48.2. The topological polar surface area (TPSA) is 394 Å². The Labute approximate surface area is 482 Å². The van der Waals surface area contributed by atoms with Crippen molar-refractivity contribution in [3.8, 4) is 0 Å². The molecule has 0 unspecified atom stereocenters. The molecule has 26 nitrogen and oxygen atoms in total. The molecule has 11 rings (SSSR count). The third kappa shape index (κ3) is 10.9. The summed E-state index contributed by atoms with van der Waals surface area (Å²) in [4.78, 5) is 0. The maximum atomic E-state index is 12.3. The average molecular weight is 1190 g/mol. The molecule has 7 saturated heterocycles. The van der Waals surface area contributed by atoms with Gasteiger partial charge in [0.1, 0.15) is 104 Å². The van der Waals surface area contributed by atoms with Crippen LogP contribution in [0.25, 0.3) is 0 Å². The Morgan fingerprint density at radius 1 is 0.518 bits per heavy atom. The van der Waals surface area contributed by atoms with Crippen molar-refractivity contribution in [1.82, 2.24) is 0 Å². The average Bonchev–Trinajstić information content (AvgIpc) is 1.87. The van der Waals surface area contributed by atoms with E-state index in [0.29, 0.717) is 43.4 Å². The Kier molecular flexibility index (Phi) is 18.2. The summed E-state index contributed by atoms with van der Waals surface area (Å²) in [6.45, 7) is 12.1. The van der Waals surface area contributed by atoms with Gasteiger partial charge in [0, 0.05) is 12.3 Å². The Morgan fingerprint density at radius 2 is 1.08 bits per heavy atom. The van der Waals surface area contributed by atoms with Gasteiger partial charge in [0.05, 0.1) is 55.9 Å². The highest BCUT2D eigenvalue weighted by Crippen LogP contribution is 2.71. The monoisotopic (exact) mass is 1190 g/mol. The molecule has 0 radical (unpaired) electrons. The molecular weight excluding hydrogens is 1100 g/mol. The van der Waals surface area contributed by atoms with Crippen LogP contribution in [0.4, 0.5) is 0 Å². The van der Waals surface area contributed by atoms with Crippen molar-refractivity contribution in [2.24, 2.45) is 40.4 Å². The summed E-state index contributed by atoms with van der Waals surface area (Å²) in [5, 5.41) is 150. The van der Waals surface area contributed by atoms with Gasteiger partial charge in [-0.05, 0) is 114 Å². The van der Waals surface area contributed by atoms with Crippen molar-refractivity contribution in [3.05, 3.63) is 11.6 Å². The summed E-state index contributed by atoms with van der Waals surface area (Å²) in [5.41, 5.74) is 0.279. The number of allylic oxidation sites excluding steroid dienone is 1. The lowest BCUT2D eigenvalue weighted by atomic mass is 9.47. The molecule has 7 heterocycles. The van der Waals surface area contributed by atoms with E-state index in [-0.39, 0.29) is 35.4 Å². The van der Waals surface area contributed by atoms with Crippen LogP contribution in [0.1, 0.15) is 106 Å². The quantitative estimate of drug-likeness (QED) is 0.0819. The number of hydrogen-bond acceptors (Lipinski definition) is 26. The van der Waals surface area contributed by atoms with Gasteiger partial charge in [0.25, 0.3) is 0 Å². The minimum atomic E-state index is -1.88. The number of fused-ring (bicyclic) bond motifs is 7. The molecule has 14 N–H and O–H groups in total. The molecule has 3 saturated carbocycles. The van der Waals surface area contributed by atoms with Crippen LogP contribution in [-0.2, 0) is 56.8 Å². The van der Waals surface area contributed by atoms with Crippen molar-refractivity contribution in [2.45, 2.75) is 283 Å². The predicted molar refractivity (Wildman–Crippen MR) is 278 cm³/mol. The third-order valence-corrected chi connectivity index (χ3v) is 21.9. The second kappa shape index (κ2) is 23.8. The van der Waals surface area contributed by atoms with Crippen LogP contribution in [0.2, 0.25) is 0 Å². The summed E-state index contributed by atoms with van der Waals surface area (Å²) < 4.78 is 74.4. The zero-order valence-electron chi connectivity index (χ0n) is 48.2. The summed E-state index contributed by atoms with van der Waals surface area (Å²) in [6.07, 6.45) is -28.5. The van der Waals surface area contributed by atoms with Gasteiger partial charge in [-0.15, -0.1) is 0 Å². The van der Waals surface area contributed by atoms with Crippen molar-refractivity contribution in [3.63, 3.8) is 0 Å². The van der Waals surface area contributed by atoms with Crippen LogP contribution >= 0.6 is 0 Å². The van der Waals surface area contributed by atoms with Crippen LogP contribution in [-0.4, -0.2) is 268 Å². The molecule has 83 heavy (non-hydrogen) atoms. The molecule has 0 aromatic heterocycles. The molecule has 476 valence electrons. The fourth-order valence-corrected chi connectivity index (χ4v) is 17.0. The van der Waals surface area contributed by atoms with Crippen molar-refractivity contribution < 1.29 is 128 Å².